The van der Waals surface area contributed by atoms with Gasteiger partial charge in [-0.2, -0.15) is 0 Å². The largest absolute Gasteiger partial charge is 0.507 e. The topological polar surface area (TPSA) is 64.1 Å². The number of benzene rings is 8. The molecule has 368 valence electrons. The van der Waals surface area contributed by atoms with Crippen LogP contribution in [0.15, 0.2) is 174 Å². The van der Waals surface area contributed by atoms with Gasteiger partial charge >= 0.3 is 0 Å². The van der Waals surface area contributed by atoms with Crippen molar-refractivity contribution >= 4 is 43.7 Å². The van der Waals surface area contributed by atoms with Crippen LogP contribution >= 0.6 is 0 Å². The predicted octanol–water partition coefficient (Wildman–Crippen LogP) is 17.9. The van der Waals surface area contributed by atoms with Crippen LogP contribution in [0.4, 0.5) is 0 Å². The van der Waals surface area contributed by atoms with Crippen molar-refractivity contribution in [3.63, 3.8) is 0 Å². The quantitative estimate of drug-likeness (QED) is 0.162. The Hall–Kier alpha value is -7.07. The molecule has 6 heteroatoms. The van der Waals surface area contributed by atoms with E-state index in [9.17, 15) is 5.11 Å². The summed E-state index contributed by atoms with van der Waals surface area (Å²) in [6.45, 7) is 24.5. The van der Waals surface area contributed by atoms with Crippen LogP contribution in [0, 0.1) is 6.07 Å². The molecule has 1 N–H and O–H groups in total. The zero-order chi connectivity index (χ0) is 50.5. The number of nitrogens with zero attached hydrogens (tertiary/aromatic N) is 3. The Labute approximate surface area is 444 Å². The Morgan fingerprint density at radius 3 is 1.90 bits per heavy atom. The molecule has 0 spiro atoms. The molecule has 0 bridgehead atoms. The zero-order valence-corrected chi connectivity index (χ0v) is 46.0. The second kappa shape index (κ2) is 18.1. The fraction of sp³-hybridized carbons (Fsp3) is 0.224. The Kier molecular flexibility index (Phi) is 12.3. The average Bonchev–Trinajstić information content (AvgIpc) is 3.94. The molecule has 73 heavy (non-hydrogen) atoms. The molecule has 0 radical (unpaired) electrons. The van der Waals surface area contributed by atoms with Gasteiger partial charge in [0.15, 0.2) is 0 Å². The van der Waals surface area contributed by atoms with E-state index in [4.69, 9.17) is 14.4 Å². The normalized spacial score (nSPS) is 12.5. The second-order valence-corrected chi connectivity index (χ2v) is 23.2. The van der Waals surface area contributed by atoms with Crippen LogP contribution in [0.3, 0.4) is 0 Å². The molecule has 3 aromatic heterocycles. The maximum Gasteiger partial charge on any atom is 0.148 e. The fourth-order valence-corrected chi connectivity index (χ4v) is 10.4. The molecular weight excluding hydrogens is 1070 g/mol. The average molecular weight is 1140 g/mol. The summed E-state index contributed by atoms with van der Waals surface area (Å²) in [4.78, 5) is 10.9. The Bertz CT molecular complexity index is 3900. The molecule has 0 aliphatic rings. The van der Waals surface area contributed by atoms with Gasteiger partial charge < -0.3 is 9.52 Å². The number of aromatic hydroxyl groups is 1. The number of pyridine rings is 1. The minimum absolute atomic E-state index is 0. The summed E-state index contributed by atoms with van der Waals surface area (Å²) in [5.74, 6) is 0.902. The van der Waals surface area contributed by atoms with Crippen molar-refractivity contribution in [1.82, 2.24) is 14.5 Å². The van der Waals surface area contributed by atoms with Gasteiger partial charge in [0.1, 0.15) is 22.7 Å². The first-order valence-electron chi connectivity index (χ1n) is 25.2. The summed E-state index contributed by atoms with van der Waals surface area (Å²) >= 11 is 0. The van der Waals surface area contributed by atoms with Gasteiger partial charge in [0.2, 0.25) is 0 Å². The number of fused-ring (bicyclic) bond motifs is 6. The third-order valence-corrected chi connectivity index (χ3v) is 14.8. The molecule has 0 saturated carbocycles. The summed E-state index contributed by atoms with van der Waals surface area (Å²) in [5.41, 5.74) is 15.1. The van der Waals surface area contributed by atoms with Crippen LogP contribution < -0.4 is 0 Å². The van der Waals surface area contributed by atoms with Gasteiger partial charge in [-0.1, -0.05) is 203 Å². The van der Waals surface area contributed by atoms with Gasteiger partial charge in [0.05, 0.1) is 22.3 Å². The van der Waals surface area contributed by atoms with Gasteiger partial charge in [-0.3, -0.25) is 9.55 Å². The molecule has 0 saturated heterocycles. The maximum absolute atomic E-state index is 12.7. The van der Waals surface area contributed by atoms with Gasteiger partial charge in [-0.15, -0.1) is 29.3 Å². The first kappa shape index (κ1) is 49.5. The van der Waals surface area contributed by atoms with E-state index >= 15 is 0 Å². The standard InChI is InChI=1S/C67H62N3O2.Pt/c1-64(2,3)46-30-31-56(51(36-46)41-21-14-12-15-22-41)70-57-28-20-27-50(61(57)69-63(70)52-37-47(65(4,5)6)38-54(62(52)71)66(7,8)9)43-33-44(35-48(34-43)67(10,11)45-24-16-13-17-25-45)55-39-59-53(40-68-55)60-49-26-19-18-23-42(49)29-32-58(60)72-59;/h12-32,34-40,71H,1-11H3;/q-1;. The number of para-hydroxylation sites is 1. The molecule has 0 amide bonds. The third kappa shape index (κ3) is 8.80. The zero-order valence-electron chi connectivity index (χ0n) is 43.7. The van der Waals surface area contributed by atoms with E-state index in [1.807, 2.05) is 6.20 Å². The molecule has 0 aliphatic carbocycles. The predicted molar refractivity (Wildman–Crippen MR) is 301 cm³/mol. The molecule has 0 unspecified atom stereocenters. The minimum Gasteiger partial charge on any atom is -0.507 e. The van der Waals surface area contributed by atoms with Crippen molar-refractivity contribution in [2.75, 3.05) is 0 Å². The van der Waals surface area contributed by atoms with Crippen LogP contribution in [-0.4, -0.2) is 19.6 Å². The number of imidazole rings is 1. The van der Waals surface area contributed by atoms with Crippen molar-refractivity contribution in [2.45, 2.75) is 97.8 Å². The summed E-state index contributed by atoms with van der Waals surface area (Å²) < 4.78 is 8.89. The second-order valence-electron chi connectivity index (χ2n) is 23.2. The van der Waals surface area contributed by atoms with E-state index in [1.54, 1.807) is 0 Å². The van der Waals surface area contributed by atoms with Crippen LogP contribution in [0.25, 0.3) is 94.3 Å². The summed E-state index contributed by atoms with van der Waals surface area (Å²) in [7, 11) is 0. The van der Waals surface area contributed by atoms with Crippen molar-refractivity contribution < 1.29 is 30.6 Å². The first-order valence-corrected chi connectivity index (χ1v) is 25.2. The number of hydrogen-bond acceptors (Lipinski definition) is 4. The van der Waals surface area contributed by atoms with E-state index in [-0.39, 0.29) is 43.1 Å². The van der Waals surface area contributed by atoms with Gasteiger partial charge in [0.25, 0.3) is 0 Å². The van der Waals surface area contributed by atoms with E-state index in [0.29, 0.717) is 11.4 Å². The third-order valence-electron chi connectivity index (χ3n) is 14.8. The van der Waals surface area contributed by atoms with E-state index < -0.39 is 5.41 Å². The number of phenols is 1. The summed E-state index contributed by atoms with van der Waals surface area (Å²) in [5, 5.41) is 17.0. The van der Waals surface area contributed by atoms with Crippen molar-refractivity contribution in [3.8, 4) is 56.3 Å². The monoisotopic (exact) mass is 1140 g/mol. The molecule has 0 atom stereocenters. The van der Waals surface area contributed by atoms with Crippen LogP contribution in [0.5, 0.6) is 5.75 Å². The summed E-state index contributed by atoms with van der Waals surface area (Å²) in [6.07, 6.45) is 1.96. The van der Waals surface area contributed by atoms with E-state index in [2.05, 4.69) is 251 Å². The number of rotatable bonds is 7. The number of hydrogen-bond donors (Lipinski definition) is 1. The number of furan rings is 1. The minimum atomic E-state index is -0.400. The molecule has 0 aliphatic heterocycles. The van der Waals surface area contributed by atoms with E-state index in [0.717, 1.165) is 99.6 Å². The SMILES string of the molecule is CC(C)(C)c1ccc(-n2c(-c3cc(C(C)(C)C)cc(C(C)(C)C)c3O)nc3c(-c4[c-]c(-c5cc6oc7ccc8ccccc8c7c6cn5)cc(C(C)(C)c5ccccc5)c4)cccc32)c(-c2ccccc2)c1.[Pt]. The number of phenolic OH excluding ortho intramolecular Hbond substituents is 1. The van der Waals surface area contributed by atoms with Crippen LogP contribution in [-0.2, 0) is 42.7 Å². The van der Waals surface area contributed by atoms with Crippen molar-refractivity contribution in [3.05, 3.63) is 204 Å². The Balaban J connectivity index is 0.00000611. The Morgan fingerprint density at radius 1 is 0.521 bits per heavy atom. The van der Waals surface area contributed by atoms with Gasteiger partial charge in [-0.05, 0) is 85.7 Å². The summed E-state index contributed by atoms with van der Waals surface area (Å²) in [6, 6.07) is 62.0. The molecule has 8 aromatic carbocycles. The van der Waals surface area contributed by atoms with Gasteiger partial charge in [0, 0.05) is 60.3 Å². The van der Waals surface area contributed by atoms with Crippen LogP contribution in [0.2, 0.25) is 0 Å². The Morgan fingerprint density at radius 2 is 1.19 bits per heavy atom. The molecule has 11 aromatic rings. The van der Waals surface area contributed by atoms with Crippen molar-refractivity contribution in [1.29, 1.82) is 0 Å². The van der Waals surface area contributed by atoms with E-state index in [1.165, 1.54) is 11.1 Å². The molecule has 5 nitrogen and oxygen atoms in total. The van der Waals surface area contributed by atoms with Crippen LogP contribution in [0.1, 0.15) is 104 Å². The smallest absolute Gasteiger partial charge is 0.148 e. The molecule has 3 heterocycles. The van der Waals surface area contributed by atoms with Gasteiger partial charge in [-0.25, -0.2) is 4.98 Å². The first-order chi connectivity index (χ1) is 34.3. The van der Waals surface area contributed by atoms with Crippen molar-refractivity contribution in [2.24, 2.45) is 0 Å². The maximum atomic E-state index is 12.7. The molecule has 0 fully saturated rings. The molecular formula is C67H62N3O2Pt-. The fourth-order valence-electron chi connectivity index (χ4n) is 10.4. The molecule has 11 rings (SSSR count). The number of aromatic nitrogens is 3.